The number of nitrogens with zero attached hydrogens (tertiary/aromatic N) is 3. The van der Waals surface area contributed by atoms with Gasteiger partial charge in [-0.2, -0.15) is 0 Å². The first-order valence-corrected chi connectivity index (χ1v) is 9.16. The largest absolute Gasteiger partial charge is 0.341 e. The van der Waals surface area contributed by atoms with Crippen LogP contribution in [0.5, 0.6) is 0 Å². The zero-order chi connectivity index (χ0) is 17.0. The molecule has 2 aliphatic heterocycles. The highest BCUT2D eigenvalue weighted by molar-refractivity contribution is 5.92. The van der Waals surface area contributed by atoms with Gasteiger partial charge in [0.25, 0.3) is 0 Å². The van der Waals surface area contributed by atoms with Gasteiger partial charge in [-0.3, -0.25) is 14.6 Å². The van der Waals surface area contributed by atoms with E-state index in [0.29, 0.717) is 12.8 Å². The summed E-state index contributed by atoms with van der Waals surface area (Å²) in [6.07, 6.45) is 9.24. The molecule has 5 nitrogen and oxygen atoms in total. The first kappa shape index (κ1) is 16.9. The second-order valence-corrected chi connectivity index (χ2v) is 6.94. The molecule has 1 aromatic rings. The summed E-state index contributed by atoms with van der Waals surface area (Å²) >= 11 is 0. The number of hydrogen-bond acceptors (Lipinski definition) is 3. The van der Waals surface area contributed by atoms with Gasteiger partial charge in [0, 0.05) is 38.4 Å². The summed E-state index contributed by atoms with van der Waals surface area (Å²) in [6.45, 7) is 4.46. The molecule has 1 atom stereocenters. The highest BCUT2D eigenvalue weighted by atomic mass is 16.2. The Balaban J connectivity index is 1.70. The minimum atomic E-state index is -0.556. The van der Waals surface area contributed by atoms with E-state index in [1.165, 1.54) is 0 Å². The normalized spacial score (nSPS) is 24.0. The number of hydrogen-bond donors (Lipinski definition) is 0. The fourth-order valence-corrected chi connectivity index (χ4v) is 4.20. The molecule has 1 aromatic heterocycles. The number of aryl methyl sites for hydroxylation is 1. The third-order valence-electron chi connectivity index (χ3n) is 5.34. The first-order chi connectivity index (χ1) is 11.7. The van der Waals surface area contributed by atoms with Gasteiger partial charge in [0.2, 0.25) is 11.8 Å². The Kier molecular flexibility index (Phi) is 5.17. The van der Waals surface area contributed by atoms with Crippen molar-refractivity contribution in [1.82, 2.24) is 14.8 Å². The van der Waals surface area contributed by atoms with Crippen LogP contribution in [0.25, 0.3) is 0 Å². The van der Waals surface area contributed by atoms with Crippen LogP contribution in [0.4, 0.5) is 0 Å². The molecule has 2 saturated heterocycles. The molecule has 0 N–H and O–H groups in total. The molecule has 1 spiro atoms. The number of pyridine rings is 1. The molecule has 0 saturated carbocycles. The molecule has 3 rings (SSSR count). The van der Waals surface area contributed by atoms with Gasteiger partial charge in [-0.15, -0.1) is 0 Å². The van der Waals surface area contributed by atoms with Crippen LogP contribution >= 0.6 is 0 Å². The van der Waals surface area contributed by atoms with Crippen LogP contribution in [0.3, 0.4) is 0 Å². The van der Waals surface area contributed by atoms with Crippen LogP contribution in [0.1, 0.15) is 51.0 Å². The highest BCUT2D eigenvalue weighted by Gasteiger charge is 2.52. The zero-order valence-electron chi connectivity index (χ0n) is 14.5. The van der Waals surface area contributed by atoms with Crippen molar-refractivity contribution in [1.29, 1.82) is 0 Å². The van der Waals surface area contributed by atoms with Crippen molar-refractivity contribution in [3.63, 3.8) is 0 Å². The Morgan fingerprint density at radius 2 is 2.08 bits per heavy atom. The SMILES string of the molecule is CCCN1CCCC2(CCCN2C(=O)CCc2cccnc2)C1=O. The quantitative estimate of drug-likeness (QED) is 0.833. The molecule has 3 heterocycles. The molecule has 2 aliphatic rings. The predicted octanol–water partition coefficient (Wildman–Crippen LogP) is 2.41. The summed E-state index contributed by atoms with van der Waals surface area (Å²) in [6, 6.07) is 3.89. The minimum absolute atomic E-state index is 0.114. The maximum Gasteiger partial charge on any atom is 0.248 e. The summed E-state index contributed by atoms with van der Waals surface area (Å²) in [5.41, 5.74) is 0.515. The molecule has 2 fully saturated rings. The molecule has 5 heteroatoms. The number of amides is 2. The average Bonchev–Trinajstić information content (AvgIpc) is 3.03. The summed E-state index contributed by atoms with van der Waals surface area (Å²) < 4.78 is 0. The van der Waals surface area contributed by atoms with Crippen LogP contribution in [0.15, 0.2) is 24.5 Å². The molecular weight excluding hydrogens is 302 g/mol. The Hall–Kier alpha value is -1.91. The smallest absolute Gasteiger partial charge is 0.248 e. The van der Waals surface area contributed by atoms with Crippen LogP contribution in [0, 0.1) is 0 Å². The topological polar surface area (TPSA) is 53.5 Å². The van der Waals surface area contributed by atoms with Gasteiger partial charge in [-0.1, -0.05) is 13.0 Å². The summed E-state index contributed by atoms with van der Waals surface area (Å²) in [7, 11) is 0. The molecule has 0 aliphatic carbocycles. The number of likely N-dealkylation sites (tertiary alicyclic amines) is 2. The van der Waals surface area contributed by atoms with E-state index in [0.717, 1.165) is 57.3 Å². The predicted molar refractivity (Wildman–Crippen MR) is 92.3 cm³/mol. The number of carbonyl (C=O) groups is 2. The lowest BCUT2D eigenvalue weighted by Crippen LogP contribution is -2.61. The third-order valence-corrected chi connectivity index (χ3v) is 5.34. The van der Waals surface area contributed by atoms with Crippen molar-refractivity contribution >= 4 is 11.8 Å². The van der Waals surface area contributed by atoms with E-state index in [9.17, 15) is 9.59 Å². The van der Waals surface area contributed by atoms with E-state index in [4.69, 9.17) is 0 Å². The Bertz CT molecular complexity index is 588. The number of piperidine rings is 1. The second kappa shape index (κ2) is 7.32. The van der Waals surface area contributed by atoms with E-state index in [-0.39, 0.29) is 11.8 Å². The van der Waals surface area contributed by atoms with Crippen molar-refractivity contribution in [2.45, 2.75) is 57.4 Å². The lowest BCUT2D eigenvalue weighted by atomic mass is 9.85. The standard InChI is InChI=1S/C19H27N3O2/c1-2-12-21-13-4-9-19(18(21)24)10-5-14-22(19)17(23)8-7-16-6-3-11-20-15-16/h3,6,11,15H,2,4-5,7-10,12-14H2,1H3. The lowest BCUT2D eigenvalue weighted by Gasteiger charge is -2.44. The molecule has 1 unspecified atom stereocenters. The number of aromatic nitrogens is 1. The maximum atomic E-state index is 13.1. The zero-order valence-corrected chi connectivity index (χ0v) is 14.5. The minimum Gasteiger partial charge on any atom is -0.341 e. The average molecular weight is 329 g/mol. The van der Waals surface area contributed by atoms with Gasteiger partial charge in [0.1, 0.15) is 5.54 Å². The fourth-order valence-electron chi connectivity index (χ4n) is 4.20. The number of carbonyl (C=O) groups excluding carboxylic acids is 2. The highest BCUT2D eigenvalue weighted by Crippen LogP contribution is 2.38. The van der Waals surface area contributed by atoms with Crippen molar-refractivity contribution < 1.29 is 9.59 Å². The van der Waals surface area contributed by atoms with E-state index >= 15 is 0 Å². The van der Waals surface area contributed by atoms with Crippen molar-refractivity contribution in [3.8, 4) is 0 Å². The summed E-state index contributed by atoms with van der Waals surface area (Å²) in [4.78, 5) is 33.9. The fraction of sp³-hybridized carbons (Fsp3) is 0.632. The lowest BCUT2D eigenvalue weighted by molar-refractivity contribution is -0.155. The molecule has 24 heavy (non-hydrogen) atoms. The maximum absolute atomic E-state index is 13.1. The van der Waals surface area contributed by atoms with Gasteiger partial charge in [-0.25, -0.2) is 0 Å². The van der Waals surface area contributed by atoms with E-state index in [1.54, 1.807) is 6.20 Å². The molecule has 2 amide bonds. The van der Waals surface area contributed by atoms with Crippen molar-refractivity contribution in [2.24, 2.45) is 0 Å². The van der Waals surface area contributed by atoms with Crippen molar-refractivity contribution in [3.05, 3.63) is 30.1 Å². The Labute approximate surface area is 144 Å². The van der Waals surface area contributed by atoms with E-state index in [1.807, 2.05) is 28.1 Å². The van der Waals surface area contributed by atoms with Gasteiger partial charge in [0.05, 0.1) is 0 Å². The Morgan fingerprint density at radius 3 is 2.79 bits per heavy atom. The van der Waals surface area contributed by atoms with Gasteiger partial charge >= 0.3 is 0 Å². The Morgan fingerprint density at radius 1 is 1.29 bits per heavy atom. The van der Waals surface area contributed by atoms with E-state index < -0.39 is 5.54 Å². The van der Waals surface area contributed by atoms with Crippen molar-refractivity contribution in [2.75, 3.05) is 19.6 Å². The third kappa shape index (κ3) is 3.17. The van der Waals surface area contributed by atoms with Crippen LogP contribution < -0.4 is 0 Å². The van der Waals surface area contributed by atoms with Gasteiger partial charge < -0.3 is 9.80 Å². The molecule has 0 bridgehead atoms. The van der Waals surface area contributed by atoms with E-state index in [2.05, 4.69) is 11.9 Å². The number of rotatable bonds is 5. The van der Waals surface area contributed by atoms with Crippen LogP contribution in [-0.2, 0) is 16.0 Å². The monoisotopic (exact) mass is 329 g/mol. The summed E-state index contributed by atoms with van der Waals surface area (Å²) in [5, 5.41) is 0. The molecular formula is C19H27N3O2. The first-order valence-electron chi connectivity index (χ1n) is 9.16. The van der Waals surface area contributed by atoms with Crippen LogP contribution in [-0.4, -0.2) is 51.8 Å². The summed E-state index contributed by atoms with van der Waals surface area (Å²) in [5.74, 6) is 0.297. The second-order valence-electron chi connectivity index (χ2n) is 6.94. The molecule has 0 radical (unpaired) electrons. The molecule has 0 aromatic carbocycles. The van der Waals surface area contributed by atoms with Gasteiger partial charge in [-0.05, 0) is 50.2 Å². The molecule has 130 valence electrons. The van der Waals surface area contributed by atoms with Gasteiger partial charge in [0.15, 0.2) is 0 Å². The van der Waals surface area contributed by atoms with Crippen LogP contribution in [0.2, 0.25) is 0 Å².